The Kier molecular flexibility index (Phi) is 6.85. The summed E-state index contributed by atoms with van der Waals surface area (Å²) in [5.41, 5.74) is 1.87. The molecule has 0 aliphatic rings. The topological polar surface area (TPSA) is 64.6 Å². The minimum absolute atomic E-state index is 0.134. The lowest BCUT2D eigenvalue weighted by atomic mass is 9.92. The molecule has 2 aromatic carbocycles. The molecule has 5 nitrogen and oxygen atoms in total. The predicted octanol–water partition coefficient (Wildman–Crippen LogP) is 7.91. The van der Waals surface area contributed by atoms with Crippen LogP contribution in [0.4, 0.5) is 5.69 Å². The number of para-hydroxylation sites is 1. The SMILES string of the molecule is COc1ccc(C(=O)Nc2ccccc2C(c2ccc(C(C)(C)C)o2)c2ccc(C(C)(C)C)o2)cc1. The zero-order chi connectivity index (χ0) is 26.1. The molecule has 0 radical (unpaired) electrons. The fourth-order valence-corrected chi connectivity index (χ4v) is 4.07. The quantitative estimate of drug-likeness (QED) is 0.301. The Hall–Kier alpha value is -3.73. The molecule has 1 N–H and O–H groups in total. The van der Waals surface area contributed by atoms with Crippen molar-refractivity contribution in [3.05, 3.63) is 107 Å². The smallest absolute Gasteiger partial charge is 0.255 e. The van der Waals surface area contributed by atoms with Gasteiger partial charge in [-0.3, -0.25) is 4.79 Å². The molecule has 1 amide bonds. The molecule has 4 aromatic rings. The first kappa shape index (κ1) is 25.4. The molecule has 0 saturated carbocycles. The Balaban J connectivity index is 1.77. The highest BCUT2D eigenvalue weighted by Gasteiger charge is 2.30. The van der Waals surface area contributed by atoms with Crippen molar-refractivity contribution in [1.29, 1.82) is 0 Å². The predicted molar refractivity (Wildman–Crippen MR) is 143 cm³/mol. The summed E-state index contributed by atoms with van der Waals surface area (Å²) in [5, 5.41) is 3.10. The standard InChI is InChI=1S/C31H35NO4/c1-30(2,3)26-18-16-24(35-26)28(25-17-19-27(36-25)31(4,5)6)22-10-8-9-11-23(22)32-29(33)20-12-14-21(34-7)15-13-20/h8-19,28H,1-7H3,(H,32,33). The third-order valence-corrected chi connectivity index (χ3v) is 6.17. The normalized spacial score (nSPS) is 12.1. The summed E-state index contributed by atoms with van der Waals surface area (Å²) in [4.78, 5) is 13.1. The number of ether oxygens (including phenoxy) is 1. The molecule has 0 atom stereocenters. The lowest BCUT2D eigenvalue weighted by Crippen LogP contribution is -2.15. The minimum atomic E-state index is -0.329. The van der Waals surface area contributed by atoms with Gasteiger partial charge in [0, 0.05) is 22.1 Å². The van der Waals surface area contributed by atoms with E-state index in [2.05, 4.69) is 46.9 Å². The summed E-state index contributed by atoms with van der Waals surface area (Å²) >= 11 is 0. The van der Waals surface area contributed by atoms with Crippen LogP contribution in [-0.4, -0.2) is 13.0 Å². The van der Waals surface area contributed by atoms with Gasteiger partial charge in [0.1, 0.15) is 34.7 Å². The van der Waals surface area contributed by atoms with Crippen LogP contribution in [0.3, 0.4) is 0 Å². The Morgan fingerprint density at radius 1 is 0.750 bits per heavy atom. The van der Waals surface area contributed by atoms with Crippen LogP contribution < -0.4 is 10.1 Å². The van der Waals surface area contributed by atoms with Crippen molar-refractivity contribution in [1.82, 2.24) is 0 Å². The first-order valence-corrected chi connectivity index (χ1v) is 12.2. The van der Waals surface area contributed by atoms with Gasteiger partial charge in [-0.05, 0) is 60.2 Å². The number of anilines is 1. The number of furan rings is 2. The fourth-order valence-electron chi connectivity index (χ4n) is 4.07. The van der Waals surface area contributed by atoms with Crippen LogP contribution in [0.5, 0.6) is 5.75 Å². The van der Waals surface area contributed by atoms with Gasteiger partial charge in [-0.1, -0.05) is 59.7 Å². The molecule has 0 spiro atoms. The summed E-state index contributed by atoms with van der Waals surface area (Å²) < 4.78 is 18.0. The zero-order valence-corrected chi connectivity index (χ0v) is 22.1. The van der Waals surface area contributed by atoms with Gasteiger partial charge in [-0.25, -0.2) is 0 Å². The molecule has 0 saturated heterocycles. The Labute approximate surface area is 213 Å². The average Bonchev–Trinajstić information content (AvgIpc) is 3.51. The molecule has 36 heavy (non-hydrogen) atoms. The molecule has 0 aliphatic carbocycles. The number of methoxy groups -OCH3 is 1. The summed E-state index contributed by atoms with van der Waals surface area (Å²) in [6, 6.07) is 22.9. The number of rotatable bonds is 6. The van der Waals surface area contributed by atoms with Crippen LogP contribution in [0.2, 0.25) is 0 Å². The van der Waals surface area contributed by atoms with Crippen molar-refractivity contribution < 1.29 is 18.4 Å². The van der Waals surface area contributed by atoms with Crippen molar-refractivity contribution in [3.8, 4) is 5.75 Å². The number of hydrogen-bond acceptors (Lipinski definition) is 4. The molecular weight excluding hydrogens is 450 g/mol. The third kappa shape index (κ3) is 5.40. The lowest BCUT2D eigenvalue weighted by molar-refractivity contribution is 0.102. The number of hydrogen-bond donors (Lipinski definition) is 1. The highest BCUT2D eigenvalue weighted by atomic mass is 16.5. The second-order valence-electron chi connectivity index (χ2n) is 11.1. The van der Waals surface area contributed by atoms with E-state index in [0.717, 1.165) is 28.6 Å². The average molecular weight is 486 g/mol. The molecular formula is C31H35NO4. The van der Waals surface area contributed by atoms with Crippen molar-refractivity contribution in [2.75, 3.05) is 12.4 Å². The lowest BCUT2D eigenvalue weighted by Gasteiger charge is -2.20. The van der Waals surface area contributed by atoms with Gasteiger partial charge in [-0.2, -0.15) is 0 Å². The number of carbonyl (C=O) groups excluding carboxylic acids is 1. The maximum Gasteiger partial charge on any atom is 0.255 e. The number of benzene rings is 2. The molecule has 188 valence electrons. The molecule has 0 bridgehead atoms. The summed E-state index contributed by atoms with van der Waals surface area (Å²) in [7, 11) is 1.60. The van der Waals surface area contributed by atoms with Gasteiger partial charge < -0.3 is 18.9 Å². The van der Waals surface area contributed by atoms with Crippen LogP contribution >= 0.6 is 0 Å². The Bertz CT molecular complexity index is 1280. The van der Waals surface area contributed by atoms with Crippen LogP contribution in [-0.2, 0) is 10.8 Å². The van der Waals surface area contributed by atoms with E-state index in [-0.39, 0.29) is 22.7 Å². The van der Waals surface area contributed by atoms with Gasteiger partial charge >= 0.3 is 0 Å². The first-order chi connectivity index (χ1) is 17.0. The maximum absolute atomic E-state index is 13.1. The summed E-state index contributed by atoms with van der Waals surface area (Å²) in [6.45, 7) is 12.7. The second-order valence-corrected chi connectivity index (χ2v) is 11.1. The number of nitrogens with one attached hydrogen (secondary N) is 1. The van der Waals surface area contributed by atoms with Crippen molar-refractivity contribution in [3.63, 3.8) is 0 Å². The summed E-state index contributed by atoms with van der Waals surface area (Å²) in [6.07, 6.45) is 0. The van der Waals surface area contributed by atoms with Crippen molar-refractivity contribution in [2.45, 2.75) is 58.3 Å². The minimum Gasteiger partial charge on any atom is -0.497 e. The van der Waals surface area contributed by atoms with Gasteiger partial charge in [0.15, 0.2) is 0 Å². The first-order valence-electron chi connectivity index (χ1n) is 12.2. The highest BCUT2D eigenvalue weighted by Crippen LogP contribution is 2.40. The van der Waals surface area contributed by atoms with Crippen molar-refractivity contribution in [2.24, 2.45) is 0 Å². The van der Waals surface area contributed by atoms with E-state index in [9.17, 15) is 4.79 Å². The van der Waals surface area contributed by atoms with E-state index in [0.29, 0.717) is 17.0 Å². The van der Waals surface area contributed by atoms with E-state index >= 15 is 0 Å². The number of carbonyl (C=O) groups is 1. The maximum atomic E-state index is 13.1. The highest BCUT2D eigenvalue weighted by molar-refractivity contribution is 6.04. The molecule has 0 fully saturated rings. The van der Waals surface area contributed by atoms with E-state index in [4.69, 9.17) is 13.6 Å². The van der Waals surface area contributed by atoms with Gasteiger partial charge in [-0.15, -0.1) is 0 Å². The molecule has 0 unspecified atom stereocenters. The molecule has 2 aromatic heterocycles. The molecule has 5 heteroatoms. The largest absolute Gasteiger partial charge is 0.497 e. The molecule has 2 heterocycles. The van der Waals surface area contributed by atoms with E-state index in [1.54, 1.807) is 31.4 Å². The van der Waals surface area contributed by atoms with E-state index in [1.807, 2.05) is 48.5 Å². The Morgan fingerprint density at radius 2 is 1.28 bits per heavy atom. The van der Waals surface area contributed by atoms with Gasteiger partial charge in [0.2, 0.25) is 0 Å². The molecule has 4 rings (SSSR count). The van der Waals surface area contributed by atoms with Gasteiger partial charge in [0.25, 0.3) is 5.91 Å². The number of amides is 1. The second kappa shape index (κ2) is 9.73. The van der Waals surface area contributed by atoms with Gasteiger partial charge in [0.05, 0.1) is 7.11 Å². The summed E-state index contributed by atoms with van der Waals surface area (Å²) in [5.74, 6) is 3.49. The third-order valence-electron chi connectivity index (χ3n) is 6.17. The van der Waals surface area contributed by atoms with Crippen LogP contribution in [0.1, 0.15) is 86.4 Å². The van der Waals surface area contributed by atoms with Crippen molar-refractivity contribution >= 4 is 11.6 Å². The zero-order valence-electron chi connectivity index (χ0n) is 22.1. The Morgan fingerprint density at radius 3 is 1.75 bits per heavy atom. The van der Waals surface area contributed by atoms with Crippen LogP contribution in [0.25, 0.3) is 0 Å². The monoisotopic (exact) mass is 485 g/mol. The van der Waals surface area contributed by atoms with Crippen LogP contribution in [0, 0.1) is 0 Å². The fraction of sp³-hybridized carbons (Fsp3) is 0.323. The molecule has 0 aliphatic heterocycles. The van der Waals surface area contributed by atoms with E-state index in [1.165, 1.54) is 0 Å². The van der Waals surface area contributed by atoms with E-state index < -0.39 is 0 Å². The van der Waals surface area contributed by atoms with Crippen LogP contribution in [0.15, 0.2) is 81.6 Å².